The van der Waals surface area contributed by atoms with Crippen molar-refractivity contribution < 1.29 is 4.79 Å². The second kappa shape index (κ2) is 8.05. The Morgan fingerprint density at radius 3 is 2.63 bits per heavy atom. The van der Waals surface area contributed by atoms with Crippen LogP contribution in [0.4, 0.5) is 5.69 Å². The van der Waals surface area contributed by atoms with E-state index in [0.29, 0.717) is 30.1 Å². The van der Waals surface area contributed by atoms with Gasteiger partial charge in [-0.15, -0.1) is 0 Å². The number of amides is 1. The number of carbonyl (C=O) groups is 1. The minimum atomic E-state index is 0.0611. The van der Waals surface area contributed by atoms with Gasteiger partial charge >= 0.3 is 0 Å². The largest absolute Gasteiger partial charge is 0.359 e. The van der Waals surface area contributed by atoms with E-state index < -0.39 is 0 Å². The number of nitrogens with one attached hydrogen (secondary N) is 1. The van der Waals surface area contributed by atoms with Crippen LogP contribution in [0, 0.1) is 18.3 Å². The molecule has 0 spiro atoms. The molecule has 0 saturated carbocycles. The number of nitriles is 1. The molecule has 1 aliphatic heterocycles. The number of piperidine rings is 1. The minimum Gasteiger partial charge on any atom is -0.359 e. The molecule has 0 unspecified atom stereocenters. The Hall–Kier alpha value is -3.13. The van der Waals surface area contributed by atoms with Crippen LogP contribution < -0.4 is 5.32 Å². The van der Waals surface area contributed by atoms with Crippen LogP contribution in [-0.4, -0.2) is 28.9 Å². The molecule has 0 atom stereocenters. The lowest BCUT2D eigenvalue weighted by atomic mass is 9.92. The number of likely N-dealkylation sites (tertiary alicyclic amines) is 1. The van der Waals surface area contributed by atoms with Crippen LogP contribution in [0.2, 0.25) is 0 Å². The molecule has 1 aromatic carbocycles. The first-order valence-electron chi connectivity index (χ1n) is 9.16. The van der Waals surface area contributed by atoms with Crippen molar-refractivity contribution in [2.75, 3.05) is 18.4 Å². The van der Waals surface area contributed by atoms with Crippen LogP contribution in [0.25, 0.3) is 0 Å². The molecule has 1 N–H and O–H groups in total. The van der Waals surface area contributed by atoms with Gasteiger partial charge in [0.1, 0.15) is 6.07 Å². The van der Waals surface area contributed by atoms with Crippen molar-refractivity contribution in [2.24, 2.45) is 0 Å². The van der Waals surface area contributed by atoms with Gasteiger partial charge < -0.3 is 10.2 Å². The molecule has 0 radical (unpaired) electrons. The van der Waals surface area contributed by atoms with Crippen molar-refractivity contribution in [3.8, 4) is 6.07 Å². The maximum Gasteiger partial charge on any atom is 0.253 e. The molecule has 1 fully saturated rings. The average molecular weight is 360 g/mol. The third kappa shape index (κ3) is 4.35. The van der Waals surface area contributed by atoms with Crippen LogP contribution in [0.3, 0.4) is 0 Å². The van der Waals surface area contributed by atoms with E-state index in [2.05, 4.69) is 22.9 Å². The number of nitrogens with zero attached hydrogens (tertiary/aromatic N) is 3. The van der Waals surface area contributed by atoms with E-state index >= 15 is 0 Å². The van der Waals surface area contributed by atoms with Crippen molar-refractivity contribution in [3.63, 3.8) is 0 Å². The quantitative estimate of drug-likeness (QED) is 0.886. The molecule has 2 heterocycles. The van der Waals surface area contributed by atoms with Gasteiger partial charge in [-0.1, -0.05) is 12.6 Å². The van der Waals surface area contributed by atoms with Crippen molar-refractivity contribution >= 4 is 11.6 Å². The molecular formula is C22H24N4O. The lowest BCUT2D eigenvalue weighted by molar-refractivity contribution is 0.0712. The third-order valence-electron chi connectivity index (χ3n) is 4.95. The Morgan fingerprint density at radius 1 is 1.30 bits per heavy atom. The number of hydrogen-bond acceptors (Lipinski definition) is 4. The fourth-order valence-electron chi connectivity index (χ4n) is 3.39. The molecular weight excluding hydrogens is 336 g/mol. The maximum atomic E-state index is 12.9. The van der Waals surface area contributed by atoms with Crippen molar-refractivity contribution in [3.05, 3.63) is 71.2 Å². The molecule has 3 rings (SSSR count). The van der Waals surface area contributed by atoms with E-state index in [9.17, 15) is 4.79 Å². The molecule has 5 heteroatoms. The summed E-state index contributed by atoms with van der Waals surface area (Å²) in [7, 11) is 0. The zero-order valence-corrected chi connectivity index (χ0v) is 15.8. The van der Waals surface area contributed by atoms with E-state index in [4.69, 9.17) is 5.26 Å². The first-order chi connectivity index (χ1) is 13.0. The van der Waals surface area contributed by atoms with Gasteiger partial charge in [-0.05, 0) is 56.5 Å². The van der Waals surface area contributed by atoms with Crippen LogP contribution in [-0.2, 0) is 0 Å². The summed E-state index contributed by atoms with van der Waals surface area (Å²) in [5, 5.41) is 12.1. The molecule has 0 bridgehead atoms. The van der Waals surface area contributed by atoms with Gasteiger partial charge in [-0.3, -0.25) is 9.78 Å². The highest BCUT2D eigenvalue weighted by Crippen LogP contribution is 2.28. The van der Waals surface area contributed by atoms with Gasteiger partial charge in [0.25, 0.3) is 5.91 Å². The summed E-state index contributed by atoms with van der Waals surface area (Å²) in [4.78, 5) is 19.2. The number of aryl methyl sites for hydroxylation is 1. The topological polar surface area (TPSA) is 69.0 Å². The van der Waals surface area contributed by atoms with Gasteiger partial charge in [-0.25, -0.2) is 0 Å². The van der Waals surface area contributed by atoms with Crippen LogP contribution in [0.5, 0.6) is 0 Å². The van der Waals surface area contributed by atoms with Gasteiger partial charge in [0, 0.05) is 47.8 Å². The predicted molar refractivity (Wildman–Crippen MR) is 106 cm³/mol. The molecule has 5 nitrogen and oxygen atoms in total. The zero-order chi connectivity index (χ0) is 19.4. The fourth-order valence-corrected chi connectivity index (χ4v) is 3.39. The molecule has 1 saturated heterocycles. The average Bonchev–Trinajstić information content (AvgIpc) is 2.69. The molecule has 2 aromatic rings. The lowest BCUT2D eigenvalue weighted by Gasteiger charge is -2.32. The van der Waals surface area contributed by atoms with Crippen molar-refractivity contribution in [2.45, 2.75) is 32.6 Å². The summed E-state index contributed by atoms with van der Waals surface area (Å²) < 4.78 is 0. The third-order valence-corrected chi connectivity index (χ3v) is 4.95. The molecule has 1 aliphatic rings. The van der Waals surface area contributed by atoms with E-state index in [0.717, 1.165) is 35.5 Å². The maximum absolute atomic E-state index is 12.9. The Kier molecular flexibility index (Phi) is 5.56. The van der Waals surface area contributed by atoms with Gasteiger partial charge in [0.15, 0.2) is 0 Å². The highest BCUT2D eigenvalue weighted by molar-refractivity contribution is 5.95. The zero-order valence-electron chi connectivity index (χ0n) is 15.8. The normalized spacial score (nSPS) is 14.5. The summed E-state index contributed by atoms with van der Waals surface area (Å²) in [5.41, 5.74) is 5.12. The number of benzene rings is 1. The Labute approximate surface area is 160 Å². The van der Waals surface area contributed by atoms with Gasteiger partial charge in [0.05, 0.1) is 5.56 Å². The summed E-state index contributed by atoms with van der Waals surface area (Å²) in [6, 6.07) is 11.6. The molecule has 1 amide bonds. The SMILES string of the molecule is C=C(C)Nc1cc(C(=O)N2CCC(c3ccc(C#N)cn3)CC2)ccc1C. The standard InChI is InChI=1S/C22H24N4O/c1-15(2)25-21-12-19(6-4-16(21)3)22(27)26-10-8-18(9-11-26)20-7-5-17(13-23)14-24-20/h4-7,12,14,18,25H,1,8-11H2,2-3H3. The lowest BCUT2D eigenvalue weighted by Crippen LogP contribution is -2.38. The first-order valence-corrected chi connectivity index (χ1v) is 9.16. The predicted octanol–water partition coefficient (Wildman–Crippen LogP) is 4.23. The monoisotopic (exact) mass is 360 g/mol. The number of pyridine rings is 1. The van der Waals surface area contributed by atoms with E-state index in [1.807, 2.05) is 49.1 Å². The number of allylic oxidation sites excluding steroid dienone is 1. The highest BCUT2D eigenvalue weighted by atomic mass is 16.2. The minimum absolute atomic E-state index is 0.0611. The van der Waals surface area contributed by atoms with E-state index in [1.165, 1.54) is 0 Å². The number of anilines is 1. The van der Waals surface area contributed by atoms with Crippen LogP contribution >= 0.6 is 0 Å². The second-order valence-electron chi connectivity index (χ2n) is 7.09. The second-order valence-corrected chi connectivity index (χ2v) is 7.09. The van der Waals surface area contributed by atoms with Crippen molar-refractivity contribution in [1.29, 1.82) is 5.26 Å². The first kappa shape index (κ1) is 18.7. The Balaban J connectivity index is 1.66. The number of carbonyl (C=O) groups excluding carboxylic acids is 1. The van der Waals surface area contributed by atoms with Gasteiger partial charge in [-0.2, -0.15) is 5.26 Å². The van der Waals surface area contributed by atoms with Crippen LogP contribution in [0.15, 0.2) is 48.8 Å². The smallest absolute Gasteiger partial charge is 0.253 e. The Bertz CT molecular complexity index is 888. The number of aromatic nitrogens is 1. The summed E-state index contributed by atoms with van der Waals surface area (Å²) in [6.45, 7) is 9.20. The van der Waals surface area contributed by atoms with Crippen molar-refractivity contribution in [1.82, 2.24) is 9.88 Å². The molecule has 27 heavy (non-hydrogen) atoms. The highest BCUT2D eigenvalue weighted by Gasteiger charge is 2.25. The molecule has 1 aromatic heterocycles. The Morgan fingerprint density at radius 2 is 2.04 bits per heavy atom. The molecule has 0 aliphatic carbocycles. The summed E-state index contributed by atoms with van der Waals surface area (Å²) in [5.74, 6) is 0.395. The summed E-state index contributed by atoms with van der Waals surface area (Å²) >= 11 is 0. The van der Waals surface area contributed by atoms with Gasteiger partial charge in [0.2, 0.25) is 0 Å². The fraction of sp³-hybridized carbons (Fsp3) is 0.318. The van der Waals surface area contributed by atoms with E-state index in [-0.39, 0.29) is 5.91 Å². The van der Waals surface area contributed by atoms with Crippen LogP contribution in [0.1, 0.15) is 52.9 Å². The summed E-state index contributed by atoms with van der Waals surface area (Å²) in [6.07, 6.45) is 3.38. The van der Waals surface area contributed by atoms with E-state index in [1.54, 1.807) is 6.20 Å². The molecule has 138 valence electrons. The number of rotatable bonds is 4. The number of hydrogen-bond donors (Lipinski definition) is 1.